The Labute approximate surface area is 218 Å². The smallest absolute Gasteiger partial charge is 0.0431 e. The summed E-state index contributed by atoms with van der Waals surface area (Å²) in [5, 5.41) is 9.23. The fourth-order valence-corrected chi connectivity index (χ4v) is 5.73. The van der Waals surface area contributed by atoms with Gasteiger partial charge in [-0.1, -0.05) is 161 Å². The van der Waals surface area contributed by atoms with Crippen LogP contribution in [0.4, 0.5) is 0 Å². The average molecular weight is 507 g/mol. The first-order chi connectivity index (χ1) is 15.3. The van der Waals surface area contributed by atoms with Crippen molar-refractivity contribution in [1.82, 2.24) is 0 Å². The van der Waals surface area contributed by atoms with E-state index in [4.69, 9.17) is 0 Å². The van der Waals surface area contributed by atoms with Crippen LogP contribution >= 0.6 is 8.58 Å². The number of hydrogen-bond acceptors (Lipinski definition) is 1. The second-order valence-electron chi connectivity index (χ2n) is 9.92. The first-order valence-electron chi connectivity index (χ1n) is 14.5. The molecule has 193 valence electrons. The van der Waals surface area contributed by atoms with E-state index in [2.05, 4.69) is 20.0 Å². The van der Waals surface area contributed by atoms with E-state index in [0.717, 1.165) is 20.9 Å². The molecule has 0 spiro atoms. The minimum atomic E-state index is 0. The number of hydrogen-bond donors (Lipinski definition) is 1. The molecule has 0 saturated heterocycles. The SMILES string of the molecule is CCCCCCCCCCCCC(C[CH-]PCCCCCCCCCCC)CCCO.[V]. The van der Waals surface area contributed by atoms with Gasteiger partial charge in [0.2, 0.25) is 0 Å². The largest absolute Gasteiger partial charge is 0.396 e. The minimum absolute atomic E-state index is 0. The third-order valence-electron chi connectivity index (χ3n) is 6.76. The Hall–Kier alpha value is 0.974. The molecule has 0 bridgehead atoms. The van der Waals surface area contributed by atoms with Crippen molar-refractivity contribution in [3.8, 4) is 0 Å². The molecule has 0 aromatic heterocycles. The zero-order valence-electron chi connectivity index (χ0n) is 22.2. The van der Waals surface area contributed by atoms with E-state index >= 15 is 0 Å². The summed E-state index contributed by atoms with van der Waals surface area (Å²) in [4.78, 5) is 0. The molecule has 0 aromatic rings. The van der Waals surface area contributed by atoms with Gasteiger partial charge < -0.3 is 11.3 Å². The van der Waals surface area contributed by atoms with Gasteiger partial charge in [0, 0.05) is 25.2 Å². The van der Waals surface area contributed by atoms with Crippen LogP contribution in [-0.2, 0) is 18.6 Å². The van der Waals surface area contributed by atoms with Gasteiger partial charge in [-0.15, -0.1) is 0 Å². The molecule has 0 aliphatic rings. The van der Waals surface area contributed by atoms with Crippen molar-refractivity contribution in [2.75, 3.05) is 12.8 Å². The molecule has 2 unspecified atom stereocenters. The Bertz CT molecular complexity index is 314. The summed E-state index contributed by atoms with van der Waals surface area (Å²) in [5.74, 6) is 0.830. The van der Waals surface area contributed by atoms with Crippen LogP contribution in [0.15, 0.2) is 0 Å². The van der Waals surface area contributed by atoms with E-state index < -0.39 is 0 Å². The van der Waals surface area contributed by atoms with Gasteiger partial charge in [0.1, 0.15) is 0 Å². The summed E-state index contributed by atoms with van der Waals surface area (Å²) >= 11 is 0. The molecular formula is C29H60OPV-. The Morgan fingerprint density at radius 3 is 1.44 bits per heavy atom. The molecule has 0 fully saturated rings. The van der Waals surface area contributed by atoms with Gasteiger partial charge in [0.05, 0.1) is 0 Å². The summed E-state index contributed by atoms with van der Waals surface area (Å²) in [6.45, 7) is 4.96. The molecule has 0 saturated carbocycles. The minimum Gasteiger partial charge on any atom is -0.396 e. The first-order valence-corrected chi connectivity index (χ1v) is 15.8. The summed E-state index contributed by atoms with van der Waals surface area (Å²) < 4.78 is 0. The maximum Gasteiger partial charge on any atom is 0.0431 e. The van der Waals surface area contributed by atoms with Crippen molar-refractivity contribution in [3.05, 3.63) is 6.16 Å². The molecule has 0 rings (SSSR count). The van der Waals surface area contributed by atoms with E-state index in [1.807, 2.05) is 0 Å². The topological polar surface area (TPSA) is 20.2 Å². The van der Waals surface area contributed by atoms with Gasteiger partial charge >= 0.3 is 0 Å². The third kappa shape index (κ3) is 29.0. The zero-order valence-corrected chi connectivity index (χ0v) is 24.6. The maximum atomic E-state index is 9.23. The molecule has 0 amide bonds. The molecular weight excluding hydrogens is 446 g/mol. The van der Waals surface area contributed by atoms with Crippen molar-refractivity contribution in [2.24, 2.45) is 5.92 Å². The van der Waals surface area contributed by atoms with E-state index in [9.17, 15) is 5.11 Å². The van der Waals surface area contributed by atoms with Gasteiger partial charge in [0.25, 0.3) is 0 Å². The molecule has 1 radical (unpaired) electrons. The summed E-state index contributed by atoms with van der Waals surface area (Å²) in [7, 11) is 1.06. The van der Waals surface area contributed by atoms with E-state index in [1.54, 1.807) is 0 Å². The Kier molecular flexibility index (Phi) is 35.1. The number of rotatable bonds is 27. The normalized spacial score (nSPS) is 12.5. The quantitative estimate of drug-likeness (QED) is 0.0667. The number of aliphatic hydroxyl groups is 1. The number of unbranched alkanes of at least 4 members (excludes halogenated alkanes) is 17. The van der Waals surface area contributed by atoms with Crippen LogP contribution in [0.2, 0.25) is 0 Å². The van der Waals surface area contributed by atoms with Crippen LogP contribution in [0.25, 0.3) is 0 Å². The van der Waals surface area contributed by atoms with Crippen LogP contribution in [0.1, 0.15) is 162 Å². The Morgan fingerprint density at radius 1 is 0.562 bits per heavy atom. The van der Waals surface area contributed by atoms with Crippen molar-refractivity contribution < 1.29 is 23.7 Å². The van der Waals surface area contributed by atoms with Gasteiger partial charge in [-0.2, -0.15) is 6.42 Å². The second-order valence-corrected chi connectivity index (χ2v) is 11.2. The summed E-state index contributed by atoms with van der Waals surface area (Å²) in [5.41, 5.74) is 0. The maximum absolute atomic E-state index is 9.23. The molecule has 0 aliphatic carbocycles. The van der Waals surface area contributed by atoms with Crippen molar-refractivity contribution in [3.63, 3.8) is 0 Å². The van der Waals surface area contributed by atoms with E-state index in [1.165, 1.54) is 147 Å². The van der Waals surface area contributed by atoms with E-state index in [-0.39, 0.29) is 18.6 Å². The molecule has 1 N–H and O–H groups in total. The second kappa shape index (κ2) is 32.0. The standard InChI is InChI=1S/C29H60OP.V/c1-3-5-7-9-11-13-14-16-18-20-23-29(24-22-26-30)25-28-31-27-21-19-17-15-12-10-8-6-4-2;/h28-31H,3-27H2,1-2H3;/q-1;. The summed E-state index contributed by atoms with van der Waals surface area (Å²) in [6, 6.07) is 0. The zero-order chi connectivity index (χ0) is 22.7. The molecule has 32 heavy (non-hydrogen) atoms. The van der Waals surface area contributed by atoms with Gasteiger partial charge in [0.15, 0.2) is 0 Å². The molecule has 0 heterocycles. The Balaban J connectivity index is 0. The number of aliphatic hydroxyl groups excluding tert-OH is 1. The molecule has 1 nitrogen and oxygen atoms in total. The molecule has 3 heteroatoms. The molecule has 2 atom stereocenters. The molecule has 0 aliphatic heterocycles. The van der Waals surface area contributed by atoms with Crippen LogP contribution in [0.5, 0.6) is 0 Å². The summed E-state index contributed by atoms with van der Waals surface area (Å²) in [6.07, 6.45) is 36.1. The van der Waals surface area contributed by atoms with Crippen LogP contribution < -0.4 is 0 Å². The van der Waals surface area contributed by atoms with Crippen LogP contribution in [-0.4, -0.2) is 17.9 Å². The van der Waals surface area contributed by atoms with Crippen LogP contribution in [0.3, 0.4) is 0 Å². The first kappa shape index (κ1) is 35.1. The predicted octanol–water partition coefficient (Wildman–Crippen LogP) is 10.4. The van der Waals surface area contributed by atoms with Crippen molar-refractivity contribution >= 4 is 8.58 Å². The Morgan fingerprint density at radius 2 is 0.969 bits per heavy atom. The fraction of sp³-hybridized carbons (Fsp3) is 0.966. The van der Waals surface area contributed by atoms with E-state index in [0.29, 0.717) is 6.61 Å². The van der Waals surface area contributed by atoms with Gasteiger partial charge in [-0.05, 0) is 6.42 Å². The monoisotopic (exact) mass is 506 g/mol. The van der Waals surface area contributed by atoms with Crippen molar-refractivity contribution in [1.29, 1.82) is 0 Å². The van der Waals surface area contributed by atoms with Crippen molar-refractivity contribution in [2.45, 2.75) is 162 Å². The van der Waals surface area contributed by atoms with Gasteiger partial charge in [-0.25, -0.2) is 0 Å². The van der Waals surface area contributed by atoms with Gasteiger partial charge in [-0.3, -0.25) is 8.58 Å². The fourth-order valence-electron chi connectivity index (χ4n) is 4.57. The third-order valence-corrected chi connectivity index (χ3v) is 7.92. The average Bonchev–Trinajstić information content (AvgIpc) is 2.78. The predicted molar refractivity (Wildman–Crippen MR) is 146 cm³/mol. The van der Waals surface area contributed by atoms with Crippen LogP contribution in [0, 0.1) is 12.1 Å². The molecule has 0 aromatic carbocycles.